The Hall–Kier alpha value is -1.98. The van der Waals surface area contributed by atoms with Gasteiger partial charge >= 0.3 is 0 Å². The molecule has 98 valence electrons. The van der Waals surface area contributed by atoms with E-state index in [1.54, 1.807) is 0 Å². The monoisotopic (exact) mass is 256 g/mol. The van der Waals surface area contributed by atoms with Gasteiger partial charge in [-0.2, -0.15) is 0 Å². The maximum atomic E-state index is 13.3. The second-order valence-corrected chi connectivity index (χ2v) is 4.53. The number of halogens is 2. The van der Waals surface area contributed by atoms with Crippen LogP contribution in [0, 0.1) is 17.0 Å². The first kappa shape index (κ1) is 14.1. The van der Waals surface area contributed by atoms with Crippen LogP contribution in [0.5, 0.6) is 0 Å². The summed E-state index contributed by atoms with van der Waals surface area (Å²) < 4.78 is 26.2. The number of nitrogens with one attached hydrogen (secondary N) is 1. The normalized spacial score (nSPS) is 11.1. The molecule has 0 spiro atoms. The van der Waals surface area contributed by atoms with Crippen molar-refractivity contribution in [2.24, 2.45) is 11.1 Å². The minimum atomic E-state index is -1.22. The van der Waals surface area contributed by atoms with Crippen molar-refractivity contribution in [2.45, 2.75) is 13.8 Å². The van der Waals surface area contributed by atoms with Crippen LogP contribution in [0.15, 0.2) is 18.2 Å². The molecule has 1 aromatic rings. The number of hydrogen-bond acceptors (Lipinski definition) is 2. The summed E-state index contributed by atoms with van der Waals surface area (Å²) in [5.41, 5.74) is 3.76. The van der Waals surface area contributed by atoms with E-state index in [1.165, 1.54) is 19.9 Å². The Morgan fingerprint density at radius 2 is 1.94 bits per heavy atom. The first-order valence-corrected chi connectivity index (χ1v) is 5.28. The average molecular weight is 256 g/mol. The SMILES string of the molecule is CC(C)(CNC(=O)c1cccc(F)c1F)C(N)=O. The lowest BCUT2D eigenvalue weighted by Crippen LogP contribution is -2.42. The number of amides is 2. The second kappa shape index (κ2) is 5.12. The van der Waals surface area contributed by atoms with E-state index in [2.05, 4.69) is 5.32 Å². The lowest BCUT2D eigenvalue weighted by Gasteiger charge is -2.20. The van der Waals surface area contributed by atoms with Crippen LogP contribution >= 0.6 is 0 Å². The molecule has 6 heteroatoms. The highest BCUT2D eigenvalue weighted by atomic mass is 19.2. The minimum absolute atomic E-state index is 0.0584. The van der Waals surface area contributed by atoms with E-state index in [4.69, 9.17) is 5.73 Å². The van der Waals surface area contributed by atoms with Crippen molar-refractivity contribution in [3.05, 3.63) is 35.4 Å². The van der Waals surface area contributed by atoms with Gasteiger partial charge in [0.2, 0.25) is 5.91 Å². The summed E-state index contributed by atoms with van der Waals surface area (Å²) in [5, 5.41) is 2.34. The van der Waals surface area contributed by atoms with Crippen molar-refractivity contribution in [2.75, 3.05) is 6.54 Å². The van der Waals surface area contributed by atoms with E-state index in [0.717, 1.165) is 12.1 Å². The Morgan fingerprint density at radius 1 is 1.33 bits per heavy atom. The molecule has 0 bridgehead atoms. The van der Waals surface area contributed by atoms with Gasteiger partial charge in [0.1, 0.15) is 0 Å². The smallest absolute Gasteiger partial charge is 0.254 e. The van der Waals surface area contributed by atoms with E-state index in [0.29, 0.717) is 0 Å². The van der Waals surface area contributed by atoms with E-state index in [-0.39, 0.29) is 6.54 Å². The largest absolute Gasteiger partial charge is 0.369 e. The van der Waals surface area contributed by atoms with E-state index < -0.39 is 34.4 Å². The van der Waals surface area contributed by atoms with Gasteiger partial charge in [-0.05, 0) is 26.0 Å². The third-order valence-corrected chi connectivity index (χ3v) is 2.55. The average Bonchev–Trinajstić information content (AvgIpc) is 2.29. The Kier molecular flexibility index (Phi) is 4.00. The fourth-order valence-corrected chi connectivity index (χ4v) is 1.16. The molecule has 0 aliphatic heterocycles. The molecule has 0 aromatic heterocycles. The van der Waals surface area contributed by atoms with Crippen LogP contribution in [-0.4, -0.2) is 18.4 Å². The number of carbonyl (C=O) groups is 2. The summed E-state index contributed by atoms with van der Waals surface area (Å²) in [5.74, 6) is -3.70. The van der Waals surface area contributed by atoms with Gasteiger partial charge in [-0.25, -0.2) is 8.78 Å². The Bertz CT molecular complexity index is 487. The standard InChI is InChI=1S/C12H14F2N2O2/c1-12(2,11(15)18)6-16-10(17)7-4-3-5-8(13)9(7)14/h3-5H,6H2,1-2H3,(H2,15,18)(H,16,17). The molecule has 3 N–H and O–H groups in total. The molecule has 2 amide bonds. The lowest BCUT2D eigenvalue weighted by molar-refractivity contribution is -0.125. The predicted molar refractivity (Wildman–Crippen MR) is 61.7 cm³/mol. The highest BCUT2D eigenvalue weighted by Crippen LogP contribution is 2.14. The highest BCUT2D eigenvalue weighted by Gasteiger charge is 2.26. The van der Waals surface area contributed by atoms with Crippen LogP contribution < -0.4 is 11.1 Å². The Labute approximate surface area is 103 Å². The van der Waals surface area contributed by atoms with E-state index in [9.17, 15) is 18.4 Å². The maximum absolute atomic E-state index is 13.3. The van der Waals surface area contributed by atoms with E-state index >= 15 is 0 Å². The number of rotatable bonds is 4. The zero-order chi connectivity index (χ0) is 13.9. The zero-order valence-corrected chi connectivity index (χ0v) is 10.1. The van der Waals surface area contributed by atoms with Crippen LogP contribution in [0.3, 0.4) is 0 Å². The summed E-state index contributed by atoms with van der Waals surface area (Å²) >= 11 is 0. The molecular formula is C12H14F2N2O2. The summed E-state index contributed by atoms with van der Waals surface area (Å²) in [6, 6.07) is 3.30. The maximum Gasteiger partial charge on any atom is 0.254 e. The number of nitrogens with two attached hydrogens (primary N) is 1. The Morgan fingerprint density at radius 3 is 2.50 bits per heavy atom. The van der Waals surface area contributed by atoms with Crippen molar-refractivity contribution in [1.29, 1.82) is 0 Å². The quantitative estimate of drug-likeness (QED) is 0.849. The summed E-state index contributed by atoms with van der Waals surface area (Å²) in [6.07, 6.45) is 0. The summed E-state index contributed by atoms with van der Waals surface area (Å²) in [7, 11) is 0. The lowest BCUT2D eigenvalue weighted by atomic mass is 9.92. The molecule has 4 nitrogen and oxygen atoms in total. The Balaban J connectivity index is 2.78. The van der Waals surface area contributed by atoms with Crippen molar-refractivity contribution < 1.29 is 18.4 Å². The topological polar surface area (TPSA) is 72.2 Å². The summed E-state index contributed by atoms with van der Waals surface area (Å²) in [4.78, 5) is 22.6. The number of hydrogen-bond donors (Lipinski definition) is 2. The van der Waals surface area contributed by atoms with Gasteiger partial charge in [0.25, 0.3) is 5.91 Å². The fraction of sp³-hybridized carbons (Fsp3) is 0.333. The third kappa shape index (κ3) is 3.03. The second-order valence-electron chi connectivity index (χ2n) is 4.53. The number of primary amides is 1. The first-order chi connectivity index (χ1) is 8.25. The number of benzene rings is 1. The molecule has 18 heavy (non-hydrogen) atoms. The predicted octanol–water partition coefficient (Wildman–Crippen LogP) is 1.21. The molecule has 0 fully saturated rings. The van der Waals surface area contributed by atoms with Crippen molar-refractivity contribution in [3.8, 4) is 0 Å². The van der Waals surface area contributed by atoms with Crippen LogP contribution in [0.1, 0.15) is 24.2 Å². The molecule has 0 heterocycles. The third-order valence-electron chi connectivity index (χ3n) is 2.55. The highest BCUT2D eigenvalue weighted by molar-refractivity contribution is 5.95. The molecule has 0 saturated carbocycles. The van der Waals surface area contributed by atoms with Crippen molar-refractivity contribution in [3.63, 3.8) is 0 Å². The van der Waals surface area contributed by atoms with Crippen LogP contribution in [0.25, 0.3) is 0 Å². The molecule has 0 saturated heterocycles. The van der Waals surface area contributed by atoms with Gasteiger partial charge in [0.05, 0.1) is 11.0 Å². The molecule has 0 radical (unpaired) electrons. The summed E-state index contributed by atoms with van der Waals surface area (Å²) in [6.45, 7) is 3.02. The fourth-order valence-electron chi connectivity index (χ4n) is 1.16. The zero-order valence-electron chi connectivity index (χ0n) is 10.1. The van der Waals surface area contributed by atoms with Gasteiger partial charge in [-0.1, -0.05) is 6.07 Å². The molecule has 0 unspecified atom stereocenters. The molecular weight excluding hydrogens is 242 g/mol. The first-order valence-electron chi connectivity index (χ1n) is 5.28. The van der Waals surface area contributed by atoms with Crippen molar-refractivity contribution in [1.82, 2.24) is 5.32 Å². The molecule has 0 aliphatic carbocycles. The number of carbonyl (C=O) groups excluding carboxylic acids is 2. The molecule has 1 aromatic carbocycles. The van der Waals surface area contributed by atoms with Gasteiger partial charge in [0, 0.05) is 6.54 Å². The van der Waals surface area contributed by atoms with Gasteiger partial charge in [-0.15, -0.1) is 0 Å². The van der Waals surface area contributed by atoms with Crippen LogP contribution in [0.2, 0.25) is 0 Å². The van der Waals surface area contributed by atoms with Crippen molar-refractivity contribution >= 4 is 11.8 Å². The molecule has 0 atom stereocenters. The van der Waals surface area contributed by atoms with Crippen LogP contribution in [-0.2, 0) is 4.79 Å². The minimum Gasteiger partial charge on any atom is -0.369 e. The van der Waals surface area contributed by atoms with Gasteiger partial charge < -0.3 is 11.1 Å². The van der Waals surface area contributed by atoms with Gasteiger partial charge in [0.15, 0.2) is 11.6 Å². The van der Waals surface area contributed by atoms with E-state index in [1.807, 2.05) is 0 Å². The van der Waals surface area contributed by atoms with Gasteiger partial charge in [-0.3, -0.25) is 9.59 Å². The molecule has 0 aliphatic rings. The molecule has 1 rings (SSSR count). The van der Waals surface area contributed by atoms with Crippen LogP contribution in [0.4, 0.5) is 8.78 Å².